The van der Waals surface area contributed by atoms with Gasteiger partial charge in [0.25, 0.3) is 0 Å². The van der Waals surface area contributed by atoms with E-state index in [1.54, 1.807) is 11.8 Å². The first-order valence-electron chi connectivity index (χ1n) is 6.50. The lowest BCUT2D eigenvalue weighted by molar-refractivity contribution is -0.131. The van der Waals surface area contributed by atoms with Gasteiger partial charge in [-0.1, -0.05) is 29.8 Å². The molecule has 1 aromatic rings. The molecule has 0 heterocycles. The summed E-state index contributed by atoms with van der Waals surface area (Å²) >= 11 is 1.63. The normalized spacial score (nSPS) is 16.4. The minimum absolute atomic E-state index is 0.0652. The Morgan fingerprint density at radius 1 is 1.50 bits per heavy atom. The number of hydrogen-bond donors (Lipinski definition) is 0. The van der Waals surface area contributed by atoms with E-state index in [0.29, 0.717) is 6.04 Å². The fourth-order valence-corrected chi connectivity index (χ4v) is 2.45. The zero-order valence-electron chi connectivity index (χ0n) is 11.3. The summed E-state index contributed by atoms with van der Waals surface area (Å²) in [6, 6.07) is 8.93. The Hall–Kier alpha value is -0.960. The average Bonchev–Trinajstić information content (AvgIpc) is 3.18. The van der Waals surface area contributed by atoms with Crippen LogP contribution in [0.4, 0.5) is 0 Å². The number of carbonyl (C=O) groups excluding carboxylic acids is 1. The van der Waals surface area contributed by atoms with Crippen LogP contribution in [0.15, 0.2) is 24.3 Å². The van der Waals surface area contributed by atoms with Crippen molar-refractivity contribution >= 4 is 17.7 Å². The van der Waals surface area contributed by atoms with Crippen molar-refractivity contribution in [3.63, 3.8) is 0 Å². The predicted molar refractivity (Wildman–Crippen MR) is 77.7 cm³/mol. The highest BCUT2D eigenvalue weighted by molar-refractivity contribution is 7.99. The van der Waals surface area contributed by atoms with Crippen molar-refractivity contribution in [2.24, 2.45) is 0 Å². The standard InChI is InChI=1S/C15H21NOS/c1-11-5-4-6-13(9-11)10-16(14-7-8-14)15(17)12(2)18-3/h4-6,9,12,14H,7-8,10H2,1-3H3. The molecule has 18 heavy (non-hydrogen) atoms. The SMILES string of the molecule is CSC(C)C(=O)N(Cc1cccc(C)c1)C1CC1. The molecule has 1 saturated carbocycles. The maximum absolute atomic E-state index is 12.4. The molecule has 0 N–H and O–H groups in total. The second-order valence-corrected chi connectivity index (χ2v) is 6.24. The number of carbonyl (C=O) groups is 1. The average molecular weight is 263 g/mol. The molecule has 1 fully saturated rings. The van der Waals surface area contributed by atoms with Crippen molar-refractivity contribution in [1.82, 2.24) is 4.90 Å². The molecular formula is C15H21NOS. The van der Waals surface area contributed by atoms with Crippen LogP contribution in [0.2, 0.25) is 0 Å². The van der Waals surface area contributed by atoms with Gasteiger partial charge in [0.05, 0.1) is 5.25 Å². The largest absolute Gasteiger partial charge is 0.334 e. The lowest BCUT2D eigenvalue weighted by atomic mass is 10.1. The molecule has 0 spiro atoms. The third kappa shape index (κ3) is 3.29. The van der Waals surface area contributed by atoms with E-state index in [-0.39, 0.29) is 11.2 Å². The number of thioether (sulfide) groups is 1. The summed E-state index contributed by atoms with van der Waals surface area (Å²) in [5.74, 6) is 0.284. The van der Waals surface area contributed by atoms with Crippen LogP contribution in [0.5, 0.6) is 0 Å². The molecule has 3 heteroatoms. The molecule has 0 bridgehead atoms. The van der Waals surface area contributed by atoms with Gasteiger partial charge in [-0.2, -0.15) is 11.8 Å². The quantitative estimate of drug-likeness (QED) is 0.813. The van der Waals surface area contributed by atoms with Gasteiger partial charge in [0.2, 0.25) is 5.91 Å². The van der Waals surface area contributed by atoms with Crippen molar-refractivity contribution < 1.29 is 4.79 Å². The second kappa shape index (κ2) is 5.79. The molecule has 1 aromatic carbocycles. The van der Waals surface area contributed by atoms with E-state index in [1.807, 2.05) is 13.2 Å². The predicted octanol–water partition coefficient (Wildman–Crippen LogP) is 3.24. The van der Waals surface area contributed by atoms with Crippen molar-refractivity contribution in [3.8, 4) is 0 Å². The molecule has 1 aliphatic rings. The van der Waals surface area contributed by atoms with E-state index in [0.717, 1.165) is 6.54 Å². The summed E-state index contributed by atoms with van der Waals surface area (Å²) in [5.41, 5.74) is 2.50. The molecular weight excluding hydrogens is 242 g/mol. The van der Waals surface area contributed by atoms with Crippen molar-refractivity contribution in [2.45, 2.75) is 44.5 Å². The van der Waals surface area contributed by atoms with Crippen molar-refractivity contribution in [1.29, 1.82) is 0 Å². The third-order valence-electron chi connectivity index (χ3n) is 3.41. The molecule has 1 aliphatic carbocycles. The first-order chi connectivity index (χ1) is 8.61. The Kier molecular flexibility index (Phi) is 4.33. The monoisotopic (exact) mass is 263 g/mol. The Bertz CT molecular complexity index is 428. The van der Waals surface area contributed by atoms with Crippen LogP contribution in [-0.4, -0.2) is 28.4 Å². The molecule has 0 aromatic heterocycles. The van der Waals surface area contributed by atoms with Gasteiger partial charge in [0, 0.05) is 12.6 Å². The Morgan fingerprint density at radius 3 is 2.78 bits per heavy atom. The minimum atomic E-state index is 0.0652. The van der Waals surface area contributed by atoms with Crippen LogP contribution in [-0.2, 0) is 11.3 Å². The van der Waals surface area contributed by atoms with E-state index in [4.69, 9.17) is 0 Å². The lowest BCUT2D eigenvalue weighted by Crippen LogP contribution is -2.37. The molecule has 2 nitrogen and oxygen atoms in total. The van der Waals surface area contributed by atoms with Crippen LogP contribution in [0.25, 0.3) is 0 Å². The Morgan fingerprint density at radius 2 is 2.22 bits per heavy atom. The van der Waals surface area contributed by atoms with Crippen LogP contribution < -0.4 is 0 Å². The van der Waals surface area contributed by atoms with Gasteiger partial charge in [-0.25, -0.2) is 0 Å². The second-order valence-electron chi connectivity index (χ2n) is 5.06. The number of benzene rings is 1. The first-order valence-corrected chi connectivity index (χ1v) is 7.79. The van der Waals surface area contributed by atoms with E-state index >= 15 is 0 Å². The fraction of sp³-hybridized carbons (Fsp3) is 0.533. The molecule has 1 atom stereocenters. The molecule has 0 radical (unpaired) electrons. The van der Waals surface area contributed by atoms with E-state index < -0.39 is 0 Å². The number of hydrogen-bond acceptors (Lipinski definition) is 2. The third-order valence-corrected chi connectivity index (χ3v) is 4.32. The zero-order chi connectivity index (χ0) is 13.1. The van der Waals surface area contributed by atoms with Gasteiger partial charge < -0.3 is 4.90 Å². The van der Waals surface area contributed by atoms with E-state index in [1.165, 1.54) is 24.0 Å². The number of rotatable bonds is 5. The molecule has 98 valence electrons. The summed E-state index contributed by atoms with van der Waals surface area (Å²) in [7, 11) is 0. The minimum Gasteiger partial charge on any atom is -0.334 e. The Balaban J connectivity index is 2.09. The van der Waals surface area contributed by atoms with Crippen LogP contribution in [0.1, 0.15) is 30.9 Å². The van der Waals surface area contributed by atoms with Gasteiger partial charge in [0.1, 0.15) is 0 Å². The molecule has 0 aliphatic heterocycles. The lowest BCUT2D eigenvalue weighted by Gasteiger charge is -2.25. The summed E-state index contributed by atoms with van der Waals surface area (Å²) in [5, 5.41) is 0.0652. The fourth-order valence-electron chi connectivity index (χ4n) is 2.11. The van der Waals surface area contributed by atoms with Crippen LogP contribution >= 0.6 is 11.8 Å². The van der Waals surface area contributed by atoms with Crippen LogP contribution in [0.3, 0.4) is 0 Å². The van der Waals surface area contributed by atoms with Crippen molar-refractivity contribution in [3.05, 3.63) is 35.4 Å². The summed E-state index contributed by atoms with van der Waals surface area (Å²) in [6.45, 7) is 4.85. The summed E-state index contributed by atoms with van der Waals surface area (Å²) < 4.78 is 0. The van der Waals surface area contributed by atoms with Gasteiger partial charge >= 0.3 is 0 Å². The number of nitrogens with zero attached hydrogens (tertiary/aromatic N) is 1. The highest BCUT2D eigenvalue weighted by atomic mass is 32.2. The number of amides is 1. The molecule has 1 unspecified atom stereocenters. The smallest absolute Gasteiger partial charge is 0.235 e. The highest BCUT2D eigenvalue weighted by Gasteiger charge is 2.34. The topological polar surface area (TPSA) is 20.3 Å². The van der Waals surface area contributed by atoms with Gasteiger partial charge in [-0.05, 0) is 38.5 Å². The molecule has 1 amide bonds. The molecule has 0 saturated heterocycles. The first kappa shape index (κ1) is 13.5. The summed E-state index contributed by atoms with van der Waals surface area (Å²) in [4.78, 5) is 14.4. The maximum atomic E-state index is 12.4. The number of aryl methyl sites for hydroxylation is 1. The maximum Gasteiger partial charge on any atom is 0.235 e. The van der Waals surface area contributed by atoms with Gasteiger partial charge in [-0.15, -0.1) is 0 Å². The zero-order valence-corrected chi connectivity index (χ0v) is 12.2. The summed E-state index contributed by atoms with van der Waals surface area (Å²) in [6.07, 6.45) is 4.33. The van der Waals surface area contributed by atoms with E-state index in [2.05, 4.69) is 36.1 Å². The van der Waals surface area contributed by atoms with Crippen molar-refractivity contribution in [2.75, 3.05) is 6.26 Å². The van der Waals surface area contributed by atoms with Gasteiger partial charge in [0.15, 0.2) is 0 Å². The highest BCUT2D eigenvalue weighted by Crippen LogP contribution is 2.30. The van der Waals surface area contributed by atoms with Crippen LogP contribution in [0, 0.1) is 6.92 Å². The van der Waals surface area contributed by atoms with Gasteiger partial charge in [-0.3, -0.25) is 4.79 Å². The Labute approximate surface area is 114 Å². The van der Waals surface area contributed by atoms with E-state index in [9.17, 15) is 4.79 Å². The molecule has 2 rings (SSSR count).